The fraction of sp³-hybridized carbons (Fsp3) is 0.429. The molecule has 2 rings (SSSR count). The lowest BCUT2D eigenvalue weighted by molar-refractivity contribution is 0.282. The molecule has 86 valence electrons. The quantitative estimate of drug-likeness (QED) is 0.821. The van der Waals surface area contributed by atoms with Gasteiger partial charge in [-0.3, -0.25) is 4.90 Å². The van der Waals surface area contributed by atoms with Crippen molar-refractivity contribution >= 4 is 5.57 Å². The van der Waals surface area contributed by atoms with E-state index in [1.807, 2.05) is 12.1 Å². The zero-order valence-corrected chi connectivity index (χ0v) is 9.98. The van der Waals surface area contributed by atoms with Crippen LogP contribution in [-0.2, 0) is 6.61 Å². The lowest BCUT2D eigenvalue weighted by atomic mass is 9.96. The monoisotopic (exact) mass is 217 g/mol. The van der Waals surface area contributed by atoms with E-state index in [0.717, 1.165) is 18.5 Å². The van der Waals surface area contributed by atoms with Gasteiger partial charge in [-0.25, -0.2) is 0 Å². The summed E-state index contributed by atoms with van der Waals surface area (Å²) in [6.45, 7) is 3.47. The van der Waals surface area contributed by atoms with Crippen LogP contribution in [0.3, 0.4) is 0 Å². The van der Waals surface area contributed by atoms with Crippen LogP contribution in [0.15, 0.2) is 30.3 Å². The molecule has 0 fully saturated rings. The first-order valence-corrected chi connectivity index (χ1v) is 5.82. The van der Waals surface area contributed by atoms with Crippen LogP contribution in [0.25, 0.3) is 5.57 Å². The highest BCUT2D eigenvalue weighted by atomic mass is 16.3. The molecule has 0 spiro atoms. The first-order chi connectivity index (χ1) is 7.70. The van der Waals surface area contributed by atoms with E-state index in [2.05, 4.69) is 37.1 Å². The molecule has 2 heteroatoms. The average molecular weight is 217 g/mol. The Morgan fingerprint density at radius 1 is 1.31 bits per heavy atom. The Hall–Kier alpha value is -1.12. The molecule has 0 aliphatic carbocycles. The second-order valence-electron chi connectivity index (χ2n) is 4.52. The maximum atomic E-state index is 8.99. The van der Waals surface area contributed by atoms with E-state index in [1.165, 1.54) is 11.1 Å². The van der Waals surface area contributed by atoms with Gasteiger partial charge >= 0.3 is 0 Å². The number of hydrogen-bond acceptors (Lipinski definition) is 2. The molecule has 0 saturated heterocycles. The molecule has 0 saturated carbocycles. The van der Waals surface area contributed by atoms with E-state index in [4.69, 9.17) is 5.11 Å². The third-order valence-corrected chi connectivity index (χ3v) is 3.38. The molecule has 1 atom stereocenters. The lowest BCUT2D eigenvalue weighted by Gasteiger charge is -2.28. The topological polar surface area (TPSA) is 23.5 Å². The van der Waals surface area contributed by atoms with Gasteiger partial charge in [0.05, 0.1) is 6.61 Å². The van der Waals surface area contributed by atoms with Crippen LogP contribution in [-0.4, -0.2) is 29.6 Å². The molecule has 16 heavy (non-hydrogen) atoms. The summed E-state index contributed by atoms with van der Waals surface area (Å²) in [7, 11) is 2.16. The molecule has 0 bridgehead atoms. The predicted octanol–water partition coefficient (Wildman–Crippen LogP) is 2.29. The summed E-state index contributed by atoms with van der Waals surface area (Å²) in [4.78, 5) is 2.35. The molecular weight excluding hydrogens is 198 g/mol. The summed E-state index contributed by atoms with van der Waals surface area (Å²) >= 11 is 0. The predicted molar refractivity (Wildman–Crippen MR) is 67.1 cm³/mol. The van der Waals surface area contributed by atoms with Crippen molar-refractivity contribution in [1.82, 2.24) is 4.90 Å². The standard InChI is InChI=1S/C14H19NO/c1-11-9-14(7-8-15(11)2)13-5-3-12(10-16)4-6-13/h3-6,9,11,16H,7-8,10H2,1-2H3. The van der Waals surface area contributed by atoms with Crippen molar-refractivity contribution < 1.29 is 5.11 Å². The fourth-order valence-corrected chi connectivity index (χ4v) is 2.07. The fourth-order valence-electron chi connectivity index (χ4n) is 2.07. The summed E-state index contributed by atoms with van der Waals surface area (Å²) in [5.41, 5.74) is 3.69. The molecule has 1 unspecified atom stereocenters. The van der Waals surface area contributed by atoms with Crippen LogP contribution in [0.4, 0.5) is 0 Å². The van der Waals surface area contributed by atoms with Crippen LogP contribution in [0.5, 0.6) is 0 Å². The number of hydrogen-bond donors (Lipinski definition) is 1. The van der Waals surface area contributed by atoms with Gasteiger partial charge in [0.1, 0.15) is 0 Å². The second kappa shape index (κ2) is 4.81. The molecule has 0 radical (unpaired) electrons. The van der Waals surface area contributed by atoms with E-state index in [0.29, 0.717) is 6.04 Å². The zero-order valence-electron chi connectivity index (χ0n) is 9.98. The molecule has 1 aromatic rings. The van der Waals surface area contributed by atoms with E-state index < -0.39 is 0 Å². The minimum absolute atomic E-state index is 0.123. The lowest BCUT2D eigenvalue weighted by Crippen LogP contribution is -2.31. The van der Waals surface area contributed by atoms with E-state index in [1.54, 1.807) is 0 Å². The second-order valence-corrected chi connectivity index (χ2v) is 4.52. The summed E-state index contributed by atoms with van der Waals surface area (Å²) in [6, 6.07) is 8.73. The Kier molecular flexibility index (Phi) is 3.42. The largest absolute Gasteiger partial charge is 0.392 e. The van der Waals surface area contributed by atoms with Crippen molar-refractivity contribution in [3.05, 3.63) is 41.5 Å². The van der Waals surface area contributed by atoms with Crippen molar-refractivity contribution in [2.24, 2.45) is 0 Å². The molecule has 1 heterocycles. The van der Waals surface area contributed by atoms with Crippen LogP contribution in [0.2, 0.25) is 0 Å². The number of aliphatic hydroxyl groups is 1. The van der Waals surface area contributed by atoms with Gasteiger partial charge in [-0.2, -0.15) is 0 Å². The first kappa shape index (κ1) is 11.4. The van der Waals surface area contributed by atoms with Gasteiger partial charge in [0.2, 0.25) is 0 Å². The number of benzene rings is 1. The Morgan fingerprint density at radius 3 is 2.56 bits per heavy atom. The van der Waals surface area contributed by atoms with E-state index in [-0.39, 0.29) is 6.61 Å². The van der Waals surface area contributed by atoms with Crippen molar-refractivity contribution in [2.75, 3.05) is 13.6 Å². The Balaban J connectivity index is 2.21. The number of nitrogens with zero attached hydrogens (tertiary/aromatic N) is 1. The van der Waals surface area contributed by atoms with Gasteiger partial charge in [-0.15, -0.1) is 0 Å². The first-order valence-electron chi connectivity index (χ1n) is 5.82. The van der Waals surface area contributed by atoms with Crippen LogP contribution in [0, 0.1) is 0 Å². The highest BCUT2D eigenvalue weighted by Crippen LogP contribution is 2.24. The van der Waals surface area contributed by atoms with Gasteiger partial charge in [0, 0.05) is 12.6 Å². The number of rotatable bonds is 2. The van der Waals surface area contributed by atoms with Gasteiger partial charge in [0.15, 0.2) is 0 Å². The maximum Gasteiger partial charge on any atom is 0.0681 e. The van der Waals surface area contributed by atoms with Gasteiger partial charge < -0.3 is 5.11 Å². The van der Waals surface area contributed by atoms with Crippen molar-refractivity contribution in [2.45, 2.75) is 26.0 Å². The zero-order chi connectivity index (χ0) is 11.5. The summed E-state index contributed by atoms with van der Waals surface area (Å²) in [5.74, 6) is 0. The molecule has 0 aromatic heterocycles. The molecule has 1 N–H and O–H groups in total. The van der Waals surface area contributed by atoms with Crippen molar-refractivity contribution in [1.29, 1.82) is 0 Å². The molecule has 1 aromatic carbocycles. The minimum atomic E-state index is 0.123. The minimum Gasteiger partial charge on any atom is -0.392 e. The molecule has 2 nitrogen and oxygen atoms in total. The summed E-state index contributed by atoms with van der Waals surface area (Å²) < 4.78 is 0. The summed E-state index contributed by atoms with van der Waals surface area (Å²) in [6.07, 6.45) is 3.44. The van der Waals surface area contributed by atoms with Crippen molar-refractivity contribution in [3.8, 4) is 0 Å². The highest BCUT2D eigenvalue weighted by molar-refractivity contribution is 5.67. The van der Waals surface area contributed by atoms with Crippen LogP contribution < -0.4 is 0 Å². The van der Waals surface area contributed by atoms with Gasteiger partial charge in [-0.05, 0) is 37.1 Å². The van der Waals surface area contributed by atoms with Crippen LogP contribution in [0.1, 0.15) is 24.5 Å². The van der Waals surface area contributed by atoms with Crippen LogP contribution >= 0.6 is 0 Å². The number of aliphatic hydroxyl groups excluding tert-OH is 1. The maximum absolute atomic E-state index is 8.99. The van der Waals surface area contributed by atoms with Gasteiger partial charge in [-0.1, -0.05) is 30.3 Å². The average Bonchev–Trinajstić information content (AvgIpc) is 2.33. The Morgan fingerprint density at radius 2 is 2.00 bits per heavy atom. The Bertz CT molecular complexity index is 380. The normalized spacial score (nSPS) is 21.9. The Labute approximate surface area is 97.2 Å². The van der Waals surface area contributed by atoms with Gasteiger partial charge in [0.25, 0.3) is 0 Å². The molecule has 1 aliphatic heterocycles. The third kappa shape index (κ3) is 2.34. The highest BCUT2D eigenvalue weighted by Gasteiger charge is 2.15. The van der Waals surface area contributed by atoms with Crippen molar-refractivity contribution in [3.63, 3.8) is 0 Å². The third-order valence-electron chi connectivity index (χ3n) is 3.38. The molecular formula is C14H19NO. The smallest absolute Gasteiger partial charge is 0.0681 e. The molecule has 0 amide bonds. The summed E-state index contributed by atoms with van der Waals surface area (Å²) in [5, 5.41) is 8.99. The van der Waals surface area contributed by atoms with E-state index >= 15 is 0 Å². The SMILES string of the molecule is CC1C=C(c2ccc(CO)cc2)CCN1C. The molecule has 1 aliphatic rings. The number of likely N-dealkylation sites (N-methyl/N-ethyl adjacent to an activating group) is 1. The van der Waals surface area contributed by atoms with E-state index in [9.17, 15) is 0 Å².